The summed E-state index contributed by atoms with van der Waals surface area (Å²) in [6.45, 7) is 0.690. The molecule has 10 amide bonds. The van der Waals surface area contributed by atoms with Crippen LogP contribution in [0.5, 0.6) is 0 Å². The van der Waals surface area contributed by atoms with E-state index in [2.05, 4.69) is 58.5 Å². The molecule has 0 unspecified atom stereocenters. The number of nitrogens with two attached hydrogens (primary N) is 3. The van der Waals surface area contributed by atoms with Crippen molar-refractivity contribution in [3.8, 4) is 0 Å². The van der Waals surface area contributed by atoms with Gasteiger partial charge in [-0.05, 0) is 69.2 Å². The summed E-state index contributed by atoms with van der Waals surface area (Å²) in [6.07, 6.45) is -1.03. The van der Waals surface area contributed by atoms with Crippen LogP contribution in [0.2, 0.25) is 0 Å². The minimum atomic E-state index is -1.92. The van der Waals surface area contributed by atoms with Crippen LogP contribution in [0.15, 0.2) is 91.0 Å². The zero-order chi connectivity index (χ0) is 63.7. The molecule has 468 valence electrons. The van der Waals surface area contributed by atoms with Crippen molar-refractivity contribution < 1.29 is 72.9 Å². The second-order valence-corrected chi connectivity index (χ2v) is 20.0. The van der Waals surface area contributed by atoms with E-state index in [1.165, 1.54) is 13.8 Å². The fraction of sp³-hybridized carbons (Fsp3) is 0.446. The van der Waals surface area contributed by atoms with E-state index in [0.29, 0.717) is 23.1 Å². The van der Waals surface area contributed by atoms with E-state index in [1.807, 2.05) is 0 Å². The minimum absolute atomic E-state index is 0.0871. The van der Waals surface area contributed by atoms with Crippen molar-refractivity contribution in [2.75, 3.05) is 32.8 Å². The summed E-state index contributed by atoms with van der Waals surface area (Å²) >= 11 is 0. The third-order valence-corrected chi connectivity index (χ3v) is 12.8. The van der Waals surface area contributed by atoms with E-state index >= 15 is 0 Å². The molecule has 3 rings (SSSR count). The average molecular weight is 1200 g/mol. The lowest BCUT2D eigenvalue weighted by Crippen LogP contribution is -2.60. The van der Waals surface area contributed by atoms with Gasteiger partial charge in [-0.3, -0.25) is 58.1 Å². The molecule has 30 nitrogen and oxygen atoms in total. The number of unbranched alkanes of at least 4 members (excludes halogenated alkanes) is 1. The van der Waals surface area contributed by atoms with Gasteiger partial charge in [0, 0.05) is 25.8 Å². The van der Waals surface area contributed by atoms with Crippen LogP contribution in [-0.4, -0.2) is 179 Å². The Hall–Kier alpha value is -9.55. The van der Waals surface area contributed by atoms with Crippen LogP contribution in [0.1, 0.15) is 69.1 Å². The number of carboxylic acids is 2. The maximum absolute atomic E-state index is 14.2. The molecule has 0 spiro atoms. The van der Waals surface area contributed by atoms with Gasteiger partial charge in [0.15, 0.2) is 5.96 Å². The fourth-order valence-corrected chi connectivity index (χ4v) is 8.18. The van der Waals surface area contributed by atoms with Crippen molar-refractivity contribution in [2.45, 2.75) is 126 Å². The summed E-state index contributed by atoms with van der Waals surface area (Å²) in [5, 5.41) is 64.2. The maximum Gasteiger partial charge on any atom is 0.326 e. The quantitative estimate of drug-likeness (QED) is 0.0145. The van der Waals surface area contributed by atoms with E-state index in [0.717, 1.165) is 0 Å². The summed E-state index contributed by atoms with van der Waals surface area (Å²) in [6, 6.07) is 11.8. The monoisotopic (exact) mass is 1200 g/mol. The highest BCUT2D eigenvalue weighted by Crippen LogP contribution is 2.11. The van der Waals surface area contributed by atoms with Crippen molar-refractivity contribution in [3.63, 3.8) is 0 Å². The van der Waals surface area contributed by atoms with Gasteiger partial charge in [-0.1, -0.05) is 91.0 Å². The predicted molar refractivity (Wildman–Crippen MR) is 310 cm³/mol. The van der Waals surface area contributed by atoms with Crippen molar-refractivity contribution in [1.29, 1.82) is 5.41 Å². The van der Waals surface area contributed by atoms with Crippen molar-refractivity contribution in [1.82, 2.24) is 58.5 Å². The van der Waals surface area contributed by atoms with Crippen LogP contribution in [0.25, 0.3) is 0 Å². The highest BCUT2D eigenvalue weighted by molar-refractivity contribution is 5.99. The number of hydrogen-bond donors (Lipinski definition) is 18. The first-order valence-corrected chi connectivity index (χ1v) is 27.6. The Bertz CT molecular complexity index is 2780. The molecule has 9 atom stereocenters. The lowest BCUT2D eigenvalue weighted by molar-refractivity contribution is -0.142. The number of aliphatic carboxylic acids is 2. The first kappa shape index (κ1) is 70.7. The van der Waals surface area contributed by atoms with Crippen LogP contribution >= 0.6 is 0 Å². The van der Waals surface area contributed by atoms with Gasteiger partial charge in [-0.25, -0.2) is 4.79 Å². The van der Waals surface area contributed by atoms with Crippen molar-refractivity contribution in [3.05, 3.63) is 108 Å². The van der Waals surface area contributed by atoms with Crippen LogP contribution in [0.4, 0.5) is 0 Å². The van der Waals surface area contributed by atoms with Crippen molar-refractivity contribution >= 4 is 77.0 Å². The van der Waals surface area contributed by atoms with Crippen LogP contribution < -0.4 is 75.7 Å². The van der Waals surface area contributed by atoms with Gasteiger partial charge in [0.1, 0.15) is 48.3 Å². The number of amides is 10. The third kappa shape index (κ3) is 26.8. The second kappa shape index (κ2) is 37.6. The average Bonchev–Trinajstić information content (AvgIpc) is 3.67. The van der Waals surface area contributed by atoms with E-state index in [9.17, 15) is 72.9 Å². The van der Waals surface area contributed by atoms with E-state index < -0.39 is 152 Å². The largest absolute Gasteiger partial charge is 0.481 e. The zero-order valence-corrected chi connectivity index (χ0v) is 47.7. The highest BCUT2D eigenvalue weighted by Gasteiger charge is 2.35. The van der Waals surface area contributed by atoms with Gasteiger partial charge < -0.3 is 91.0 Å². The molecule has 0 aliphatic carbocycles. The van der Waals surface area contributed by atoms with E-state index in [1.54, 1.807) is 91.0 Å². The Kier molecular flexibility index (Phi) is 30.9. The Balaban J connectivity index is 1.81. The van der Waals surface area contributed by atoms with Gasteiger partial charge in [0.05, 0.1) is 32.2 Å². The smallest absolute Gasteiger partial charge is 0.326 e. The SMILES string of the molecule is C[C@H](N)C(=O)NCC(=O)N[C@@H](C)C(=O)N[C@@H](Cc1ccccc1)C(=O)NCC(=O)N[C@@H](CO)C(=O)N[C@@H](Cc1ccccc1)C(=O)N[C@@H](CC(=O)O)C(=O)N[C@@H](CCCCN)C(=O)N[C@@H](Cc1ccccc1)C(=O)N[C@@H](CCCNC(=N)N)C(=O)O. The lowest BCUT2D eigenvalue weighted by atomic mass is 10.0. The standard InChI is InChI=1S/C56H79N15O15/c1-32(58)47(77)62-29-44(73)64-33(2)48(78)68-39(25-34-15-6-3-7-16-34)49(79)63-30-45(74)65-43(31-72)54(84)70-41(27-36-19-10-5-11-20-36)52(82)71-42(28-46(75)76)53(83)66-37(21-12-13-23-57)50(80)69-40(26-35-17-8-4-9-18-35)51(81)67-38(55(85)86)22-14-24-61-56(59)60/h3-11,15-20,32-33,37-43,72H,12-14,21-31,57-58H2,1-2H3,(H,62,77)(H,63,79)(H,64,73)(H,65,74)(H,66,83)(H,67,81)(H,68,78)(H,69,80)(H,70,84)(H,71,82)(H,75,76)(H,85,86)(H4,59,60,61)/t32-,33-,37-,38-,39-,40-,41-,42-,43-/m0/s1. The Morgan fingerprint density at radius 3 is 1.31 bits per heavy atom. The fourth-order valence-electron chi connectivity index (χ4n) is 8.18. The van der Waals surface area contributed by atoms with Crippen LogP contribution in [0.3, 0.4) is 0 Å². The van der Waals surface area contributed by atoms with Gasteiger partial charge >= 0.3 is 11.9 Å². The number of carbonyl (C=O) groups excluding carboxylic acids is 10. The zero-order valence-electron chi connectivity index (χ0n) is 47.7. The van der Waals surface area contributed by atoms with Crippen molar-refractivity contribution in [2.24, 2.45) is 17.2 Å². The second-order valence-electron chi connectivity index (χ2n) is 20.0. The molecule has 0 aliphatic heterocycles. The molecule has 0 saturated carbocycles. The summed E-state index contributed by atoms with van der Waals surface area (Å²) < 4.78 is 0. The maximum atomic E-state index is 14.2. The van der Waals surface area contributed by atoms with Gasteiger partial charge in [0.2, 0.25) is 59.1 Å². The first-order chi connectivity index (χ1) is 40.9. The molecular weight excluding hydrogens is 1120 g/mol. The molecule has 30 heteroatoms. The normalized spacial score (nSPS) is 13.9. The Morgan fingerprint density at radius 2 is 0.860 bits per heavy atom. The van der Waals surface area contributed by atoms with Gasteiger partial charge in [0.25, 0.3) is 0 Å². The van der Waals surface area contributed by atoms with E-state index in [-0.39, 0.29) is 64.0 Å². The molecule has 86 heavy (non-hydrogen) atoms. The Labute approximate surface area is 495 Å². The molecule has 0 bridgehead atoms. The van der Waals surface area contributed by atoms with Crippen LogP contribution in [0, 0.1) is 5.41 Å². The van der Waals surface area contributed by atoms with Crippen LogP contribution in [-0.2, 0) is 76.8 Å². The first-order valence-electron chi connectivity index (χ1n) is 27.6. The summed E-state index contributed by atoms with van der Waals surface area (Å²) in [5.41, 5.74) is 18.1. The highest BCUT2D eigenvalue weighted by atomic mass is 16.4. The number of carboxylic acid groups (broad SMARTS) is 2. The number of benzene rings is 3. The molecule has 3 aromatic rings. The minimum Gasteiger partial charge on any atom is -0.481 e. The third-order valence-electron chi connectivity index (χ3n) is 12.8. The number of aliphatic hydroxyl groups is 1. The number of hydrogen-bond acceptors (Lipinski definition) is 16. The van der Waals surface area contributed by atoms with Gasteiger partial charge in [-0.15, -0.1) is 0 Å². The Morgan fingerprint density at radius 1 is 0.465 bits per heavy atom. The topological polar surface area (TPSA) is 500 Å². The molecule has 0 aliphatic rings. The predicted octanol–water partition coefficient (Wildman–Crippen LogP) is -4.86. The summed E-state index contributed by atoms with van der Waals surface area (Å²) in [5.74, 6) is -12.6. The number of aliphatic hydroxyl groups excluding tert-OH is 1. The molecular formula is C56H79N15O15. The molecule has 21 N–H and O–H groups in total. The number of rotatable bonds is 38. The van der Waals surface area contributed by atoms with Gasteiger partial charge in [-0.2, -0.15) is 0 Å². The number of nitrogens with one attached hydrogen (secondary N) is 12. The summed E-state index contributed by atoms with van der Waals surface area (Å²) in [7, 11) is 0. The molecule has 3 aromatic carbocycles. The number of guanidine groups is 1. The van der Waals surface area contributed by atoms with E-state index in [4.69, 9.17) is 22.6 Å². The lowest BCUT2D eigenvalue weighted by Gasteiger charge is -2.27. The molecule has 0 fully saturated rings. The molecule has 0 saturated heterocycles. The number of carbonyl (C=O) groups is 12. The molecule has 0 aromatic heterocycles. The molecule has 0 heterocycles. The molecule has 0 radical (unpaired) electrons. The summed E-state index contributed by atoms with van der Waals surface area (Å²) in [4.78, 5) is 159.